The maximum Gasteiger partial charge on any atom is 0.111 e. The fourth-order valence-electron chi connectivity index (χ4n) is 6.03. The van der Waals surface area contributed by atoms with Gasteiger partial charge in [0.1, 0.15) is 5.82 Å². The van der Waals surface area contributed by atoms with Crippen molar-refractivity contribution in [3.8, 4) is 39.1 Å². The fourth-order valence-corrected chi connectivity index (χ4v) is 6.03. The Bertz CT molecular complexity index is 2620. The molecule has 0 N–H and O–H groups in total. The molecule has 1 aromatic heterocycles. The minimum Gasteiger partial charge on any atom is -0.297 e. The van der Waals surface area contributed by atoms with E-state index in [0.29, 0.717) is 22.3 Å². The van der Waals surface area contributed by atoms with E-state index in [9.17, 15) is 5.48 Å². The number of hydrogen-bond acceptors (Lipinski definition) is 1. The van der Waals surface area contributed by atoms with E-state index in [2.05, 4.69) is 0 Å². The van der Waals surface area contributed by atoms with Gasteiger partial charge in [-0.15, -0.1) is 0 Å². The van der Waals surface area contributed by atoms with Crippen LogP contribution in [0.5, 0.6) is 0 Å². The molecule has 42 heavy (non-hydrogen) atoms. The van der Waals surface area contributed by atoms with Gasteiger partial charge in [0.05, 0.1) is 22.0 Å². The maximum absolute atomic E-state index is 9.33. The molecule has 0 saturated carbocycles. The van der Waals surface area contributed by atoms with Gasteiger partial charge in [-0.3, -0.25) is 4.57 Å². The molecule has 0 aliphatic rings. The van der Waals surface area contributed by atoms with Crippen LogP contribution in [-0.4, -0.2) is 9.55 Å². The zero-order valence-electron chi connectivity index (χ0n) is 30.7. The number of benzene rings is 7. The molecule has 0 radical (unpaired) electrons. The normalized spacial score (nSPS) is 14.1. The predicted molar refractivity (Wildman–Crippen MR) is 177 cm³/mol. The molecule has 8 rings (SSSR count). The summed E-state index contributed by atoms with van der Waals surface area (Å²) in [5.74, 6) is 0.745. The third-order valence-corrected chi connectivity index (χ3v) is 7.78. The van der Waals surface area contributed by atoms with Crippen molar-refractivity contribution < 1.29 is 11.0 Å². The molecule has 198 valence electrons. The van der Waals surface area contributed by atoms with Gasteiger partial charge in [0.25, 0.3) is 0 Å². The van der Waals surface area contributed by atoms with Gasteiger partial charge in [-0.2, -0.15) is 0 Å². The number of para-hydroxylation sites is 2. The van der Waals surface area contributed by atoms with Crippen LogP contribution in [0, 0.1) is 6.92 Å². The average molecular weight is 545 g/mol. The smallest absolute Gasteiger partial charge is 0.111 e. The van der Waals surface area contributed by atoms with E-state index in [4.69, 9.17) is 10.5 Å². The summed E-state index contributed by atoms with van der Waals surface area (Å²) in [6.45, 7) is 1.91. The van der Waals surface area contributed by atoms with E-state index in [1.807, 2.05) is 115 Å². The van der Waals surface area contributed by atoms with Crippen LogP contribution >= 0.6 is 0 Å². The van der Waals surface area contributed by atoms with Crippen LogP contribution in [0.15, 0.2) is 151 Å². The van der Waals surface area contributed by atoms with Crippen LogP contribution in [-0.2, 0) is 0 Å². The van der Waals surface area contributed by atoms with Crippen molar-refractivity contribution in [1.29, 1.82) is 0 Å². The number of rotatable bonds is 4. The van der Waals surface area contributed by atoms with Crippen molar-refractivity contribution in [3.05, 3.63) is 157 Å². The summed E-state index contributed by atoms with van der Waals surface area (Å²) in [6.07, 6.45) is 0. The lowest BCUT2D eigenvalue weighted by Gasteiger charge is -2.20. The molecular weight excluding hydrogens is 508 g/mol. The van der Waals surface area contributed by atoms with Crippen LogP contribution in [0.2, 0.25) is 0 Å². The van der Waals surface area contributed by atoms with Gasteiger partial charge in [0.2, 0.25) is 0 Å². The number of aryl methyl sites for hydroxylation is 1. The van der Waals surface area contributed by atoms with Gasteiger partial charge in [-0.25, -0.2) is 4.98 Å². The van der Waals surface area contributed by atoms with E-state index < -0.39 is 24.2 Å². The van der Waals surface area contributed by atoms with Gasteiger partial charge in [0, 0.05) is 5.69 Å². The first-order valence-corrected chi connectivity index (χ1v) is 13.8. The lowest BCUT2D eigenvalue weighted by molar-refractivity contribution is 1.00. The second-order valence-electron chi connectivity index (χ2n) is 10.2. The average Bonchev–Trinajstić information content (AvgIpc) is 3.49. The van der Waals surface area contributed by atoms with Crippen molar-refractivity contribution in [2.24, 2.45) is 0 Å². The second kappa shape index (κ2) is 9.87. The highest BCUT2D eigenvalue weighted by Crippen LogP contribution is 2.46. The molecule has 1 heterocycles. The van der Waals surface area contributed by atoms with Crippen LogP contribution in [0.1, 0.15) is 16.8 Å². The molecule has 2 heteroatoms. The van der Waals surface area contributed by atoms with Gasteiger partial charge in [-0.1, -0.05) is 127 Å². The van der Waals surface area contributed by atoms with Gasteiger partial charge < -0.3 is 0 Å². The third-order valence-electron chi connectivity index (χ3n) is 7.78. The molecule has 0 unspecified atom stereocenters. The number of hydrogen-bond donors (Lipinski definition) is 0. The molecule has 0 saturated heterocycles. The van der Waals surface area contributed by atoms with Crippen molar-refractivity contribution in [1.82, 2.24) is 9.55 Å². The summed E-state index contributed by atoms with van der Waals surface area (Å²) in [7, 11) is 0. The topological polar surface area (TPSA) is 17.8 Å². The summed E-state index contributed by atoms with van der Waals surface area (Å²) in [5, 5.41) is 0.717. The Morgan fingerprint density at radius 2 is 1.12 bits per heavy atom. The first-order valence-electron chi connectivity index (χ1n) is 17.8. The molecule has 7 aromatic carbocycles. The zero-order valence-corrected chi connectivity index (χ0v) is 22.7. The number of aromatic nitrogens is 2. The van der Waals surface area contributed by atoms with Crippen LogP contribution in [0.25, 0.3) is 71.6 Å². The van der Waals surface area contributed by atoms with Crippen LogP contribution < -0.4 is 0 Å². The van der Waals surface area contributed by atoms with Crippen molar-refractivity contribution >= 4 is 32.6 Å². The molecule has 0 aliphatic carbocycles. The highest BCUT2D eigenvalue weighted by Gasteiger charge is 2.19. The van der Waals surface area contributed by atoms with Crippen molar-refractivity contribution in [2.45, 2.75) is 6.92 Å². The highest BCUT2D eigenvalue weighted by atomic mass is 15.1. The largest absolute Gasteiger partial charge is 0.297 e. The number of nitrogens with zero attached hydrogens (tertiary/aromatic N) is 2. The molecule has 0 fully saturated rings. The molecule has 8 aromatic rings. The summed E-state index contributed by atoms with van der Waals surface area (Å²) >= 11 is 0. The number of fused-ring (bicyclic) bond motifs is 3. The summed E-state index contributed by atoms with van der Waals surface area (Å²) in [6, 6.07) is 29.4. The molecule has 0 atom stereocenters. The Morgan fingerprint density at radius 1 is 0.548 bits per heavy atom. The Kier molecular flexibility index (Phi) is 4.08. The maximum atomic E-state index is 9.33. The minimum absolute atomic E-state index is 0.177. The fraction of sp³-hybridized carbons (Fsp3) is 0.0250. The summed E-state index contributed by atoms with van der Waals surface area (Å²) in [5.41, 5.74) is 5.80. The SMILES string of the molecule is [2H]c1c([2H])c([2H])c2c(-c3ccccc3-c3ccccc3)c3c([2H])c([2H])c([2H])c([2H])c3c(-c3cccc(-n4c(C)nc5ccccc54)c3)c2c1[2H]. The van der Waals surface area contributed by atoms with Gasteiger partial charge in [0.15, 0.2) is 0 Å². The Labute approximate surface area is 256 Å². The summed E-state index contributed by atoms with van der Waals surface area (Å²) < 4.78 is 74.4. The lowest BCUT2D eigenvalue weighted by Crippen LogP contribution is -1.98. The highest BCUT2D eigenvalue weighted by molar-refractivity contribution is 6.22. The summed E-state index contributed by atoms with van der Waals surface area (Å²) in [4.78, 5) is 4.73. The first-order chi connectivity index (χ1) is 24.1. The molecule has 2 nitrogen and oxygen atoms in total. The quantitative estimate of drug-likeness (QED) is 0.202. The van der Waals surface area contributed by atoms with E-state index >= 15 is 0 Å². The van der Waals surface area contributed by atoms with Crippen LogP contribution in [0.4, 0.5) is 0 Å². The molecular formula is C40H28N2. The Hall–Kier alpha value is -5.47. The van der Waals surface area contributed by atoms with Gasteiger partial charge in [-0.05, 0) is 86.1 Å². The number of imidazole rings is 1. The monoisotopic (exact) mass is 544 g/mol. The van der Waals surface area contributed by atoms with Crippen LogP contribution in [0.3, 0.4) is 0 Å². The first kappa shape index (κ1) is 17.4. The van der Waals surface area contributed by atoms with Crippen molar-refractivity contribution in [3.63, 3.8) is 0 Å². The van der Waals surface area contributed by atoms with Gasteiger partial charge >= 0.3 is 0 Å². The van der Waals surface area contributed by atoms with Crippen molar-refractivity contribution in [2.75, 3.05) is 0 Å². The van der Waals surface area contributed by atoms with E-state index in [-0.39, 0.29) is 45.7 Å². The Balaban J connectivity index is 1.61. The zero-order chi connectivity index (χ0) is 35.0. The van der Waals surface area contributed by atoms with E-state index in [1.54, 1.807) is 0 Å². The third kappa shape index (κ3) is 3.84. The Morgan fingerprint density at radius 3 is 1.83 bits per heavy atom. The molecule has 0 bridgehead atoms. The molecule has 0 aliphatic heterocycles. The second-order valence-corrected chi connectivity index (χ2v) is 10.2. The predicted octanol–water partition coefficient (Wildman–Crippen LogP) is 10.6. The standard InChI is InChI=1S/C40H28N2/c1-27-41-37-24-11-12-25-38(37)42(27)30-17-13-16-29(26-30)39-33-20-7-9-22-35(33)40(36-23-10-8-21-34(36)39)32-19-6-5-18-31(32)28-14-3-2-4-15-28/h2-26H,1H3/i7D,8D,9D,10D,20D,21D,22D,23D. The van der Waals surface area contributed by atoms with E-state index in [0.717, 1.165) is 33.7 Å². The lowest BCUT2D eigenvalue weighted by atomic mass is 9.84. The van der Waals surface area contributed by atoms with E-state index in [1.165, 1.54) is 0 Å². The molecule has 0 spiro atoms. The minimum atomic E-state index is -0.432. The molecule has 0 amide bonds.